The average Bonchev–Trinajstić information content (AvgIpc) is 2.56. The number of amides is 3. The van der Waals surface area contributed by atoms with E-state index in [4.69, 9.17) is 0 Å². The number of hydrogen-bond donors (Lipinski definition) is 3. The zero-order valence-electron chi connectivity index (χ0n) is 13.2. The number of hydrogen-bond acceptors (Lipinski definition) is 3. The lowest BCUT2D eigenvalue weighted by Gasteiger charge is -2.08. The third kappa shape index (κ3) is 4.81. The molecule has 3 N–H and O–H groups in total. The molecule has 23 heavy (non-hydrogen) atoms. The van der Waals surface area contributed by atoms with Crippen molar-refractivity contribution in [3.63, 3.8) is 0 Å². The van der Waals surface area contributed by atoms with Crippen LogP contribution in [-0.2, 0) is 6.42 Å². The van der Waals surface area contributed by atoms with Crippen LogP contribution in [0, 0.1) is 0 Å². The molecular formula is C17H20N4O2. The lowest BCUT2D eigenvalue weighted by Crippen LogP contribution is -2.28. The molecule has 1 aromatic carbocycles. The summed E-state index contributed by atoms with van der Waals surface area (Å²) in [6.07, 6.45) is 2.34. The number of aromatic nitrogens is 1. The van der Waals surface area contributed by atoms with Gasteiger partial charge in [0, 0.05) is 18.4 Å². The van der Waals surface area contributed by atoms with E-state index >= 15 is 0 Å². The fraction of sp³-hybridized carbons (Fsp3) is 0.235. The summed E-state index contributed by atoms with van der Waals surface area (Å²) >= 11 is 0. The van der Waals surface area contributed by atoms with Gasteiger partial charge in [-0.3, -0.25) is 10.1 Å². The van der Waals surface area contributed by atoms with Gasteiger partial charge < -0.3 is 10.6 Å². The van der Waals surface area contributed by atoms with Crippen molar-refractivity contribution in [3.05, 3.63) is 53.7 Å². The van der Waals surface area contributed by atoms with Crippen LogP contribution in [0.1, 0.15) is 29.8 Å². The summed E-state index contributed by atoms with van der Waals surface area (Å²) in [7, 11) is 0. The zero-order valence-corrected chi connectivity index (χ0v) is 13.2. The number of nitrogens with zero attached hydrogens (tertiary/aromatic N) is 1. The number of pyridine rings is 1. The molecule has 2 aromatic rings. The number of nitrogens with one attached hydrogen (secondary N) is 3. The van der Waals surface area contributed by atoms with Crippen molar-refractivity contribution in [2.45, 2.75) is 20.3 Å². The van der Waals surface area contributed by atoms with Gasteiger partial charge in [0.1, 0.15) is 5.82 Å². The summed E-state index contributed by atoms with van der Waals surface area (Å²) in [5.74, 6) is 0.149. The highest BCUT2D eigenvalue weighted by atomic mass is 16.2. The zero-order chi connectivity index (χ0) is 16.7. The van der Waals surface area contributed by atoms with Crippen LogP contribution in [0.3, 0.4) is 0 Å². The highest BCUT2D eigenvalue weighted by molar-refractivity contribution is 6.04. The molecule has 0 bridgehead atoms. The molecule has 0 fully saturated rings. The van der Waals surface area contributed by atoms with Crippen LogP contribution in [0.4, 0.5) is 16.3 Å². The number of carbonyl (C=O) groups excluding carboxylic acids is 2. The van der Waals surface area contributed by atoms with E-state index in [-0.39, 0.29) is 11.9 Å². The molecule has 3 amide bonds. The molecule has 0 unspecified atom stereocenters. The highest BCUT2D eigenvalue weighted by Gasteiger charge is 2.08. The van der Waals surface area contributed by atoms with Gasteiger partial charge in [0.25, 0.3) is 5.91 Å². The molecule has 2 rings (SSSR count). The molecule has 6 heteroatoms. The first-order chi connectivity index (χ1) is 11.1. The fourth-order valence-electron chi connectivity index (χ4n) is 2.00. The molecule has 0 aliphatic rings. The van der Waals surface area contributed by atoms with Crippen molar-refractivity contribution in [3.8, 4) is 0 Å². The van der Waals surface area contributed by atoms with Gasteiger partial charge >= 0.3 is 6.03 Å². The Bertz CT molecular complexity index is 683. The molecule has 0 atom stereocenters. The summed E-state index contributed by atoms with van der Waals surface area (Å²) in [6.45, 7) is 4.42. The topological polar surface area (TPSA) is 83.1 Å². The SMILES string of the molecule is CCNC(=O)Nc1ccc(C(=O)Nc2cccc(CC)c2)cn1. The highest BCUT2D eigenvalue weighted by Crippen LogP contribution is 2.13. The Morgan fingerprint density at radius 2 is 1.91 bits per heavy atom. The molecule has 0 saturated carbocycles. The number of carbonyl (C=O) groups is 2. The standard InChI is InChI=1S/C17H20N4O2/c1-3-12-6-5-7-14(10-12)20-16(22)13-8-9-15(19-11-13)21-17(23)18-4-2/h5-11H,3-4H2,1-2H3,(H,20,22)(H2,18,19,21,23). The van der Waals surface area contributed by atoms with Gasteiger partial charge in [-0.2, -0.15) is 0 Å². The van der Waals surface area contributed by atoms with Crippen molar-refractivity contribution < 1.29 is 9.59 Å². The smallest absolute Gasteiger partial charge is 0.320 e. The molecule has 0 radical (unpaired) electrons. The molecule has 1 aromatic heterocycles. The van der Waals surface area contributed by atoms with E-state index in [2.05, 4.69) is 27.9 Å². The van der Waals surface area contributed by atoms with E-state index in [9.17, 15) is 9.59 Å². The second kappa shape index (κ2) is 7.93. The summed E-state index contributed by atoms with van der Waals surface area (Å²) in [5, 5.41) is 8.02. The Labute approximate surface area is 135 Å². The number of aryl methyl sites for hydroxylation is 1. The number of urea groups is 1. The Balaban J connectivity index is 2.01. The lowest BCUT2D eigenvalue weighted by atomic mass is 10.1. The maximum absolute atomic E-state index is 12.2. The second-order valence-electron chi connectivity index (χ2n) is 4.92. The quantitative estimate of drug-likeness (QED) is 0.793. The average molecular weight is 312 g/mol. The first-order valence-electron chi connectivity index (χ1n) is 7.53. The first-order valence-corrected chi connectivity index (χ1v) is 7.53. The van der Waals surface area contributed by atoms with Crippen LogP contribution < -0.4 is 16.0 Å². The van der Waals surface area contributed by atoms with E-state index in [1.165, 1.54) is 6.20 Å². The maximum Gasteiger partial charge on any atom is 0.320 e. The van der Waals surface area contributed by atoms with Crippen LogP contribution in [0.2, 0.25) is 0 Å². The number of anilines is 2. The van der Waals surface area contributed by atoms with Crippen LogP contribution in [-0.4, -0.2) is 23.5 Å². The van der Waals surface area contributed by atoms with Crippen LogP contribution in [0.25, 0.3) is 0 Å². The van der Waals surface area contributed by atoms with Gasteiger partial charge in [-0.15, -0.1) is 0 Å². The molecule has 0 saturated heterocycles. The van der Waals surface area contributed by atoms with Gasteiger partial charge in [-0.05, 0) is 43.2 Å². The summed E-state index contributed by atoms with van der Waals surface area (Å²) < 4.78 is 0. The monoisotopic (exact) mass is 312 g/mol. The molecule has 0 aliphatic carbocycles. The van der Waals surface area contributed by atoms with Crippen molar-refractivity contribution in [1.29, 1.82) is 0 Å². The summed E-state index contributed by atoms with van der Waals surface area (Å²) in [5.41, 5.74) is 2.33. The third-order valence-corrected chi connectivity index (χ3v) is 3.20. The Hall–Kier alpha value is -2.89. The van der Waals surface area contributed by atoms with Gasteiger partial charge in [0.2, 0.25) is 0 Å². The Morgan fingerprint density at radius 3 is 2.57 bits per heavy atom. The minimum absolute atomic E-state index is 0.240. The van der Waals surface area contributed by atoms with Gasteiger partial charge in [-0.1, -0.05) is 19.1 Å². The predicted octanol–water partition coefficient (Wildman–Crippen LogP) is 3.04. The van der Waals surface area contributed by atoms with E-state index in [1.54, 1.807) is 12.1 Å². The van der Waals surface area contributed by atoms with Gasteiger partial charge in [-0.25, -0.2) is 9.78 Å². The molecule has 1 heterocycles. The summed E-state index contributed by atoms with van der Waals surface area (Å²) in [6, 6.07) is 10.6. The molecule has 0 aliphatic heterocycles. The normalized spacial score (nSPS) is 10.0. The van der Waals surface area contributed by atoms with Gasteiger partial charge in [0.05, 0.1) is 5.56 Å². The summed E-state index contributed by atoms with van der Waals surface area (Å²) in [4.78, 5) is 27.7. The Kier molecular flexibility index (Phi) is 5.68. The number of benzene rings is 1. The Morgan fingerprint density at radius 1 is 1.09 bits per heavy atom. The lowest BCUT2D eigenvalue weighted by molar-refractivity contribution is 0.102. The van der Waals surface area contributed by atoms with Crippen molar-refractivity contribution in [1.82, 2.24) is 10.3 Å². The minimum atomic E-state index is -0.325. The fourth-order valence-corrected chi connectivity index (χ4v) is 2.00. The van der Waals surface area contributed by atoms with Crippen molar-refractivity contribution >= 4 is 23.4 Å². The van der Waals surface area contributed by atoms with Crippen LogP contribution >= 0.6 is 0 Å². The van der Waals surface area contributed by atoms with Crippen molar-refractivity contribution in [2.75, 3.05) is 17.2 Å². The molecule has 0 spiro atoms. The van der Waals surface area contributed by atoms with E-state index in [0.717, 1.165) is 17.7 Å². The molecule has 6 nitrogen and oxygen atoms in total. The predicted molar refractivity (Wildman–Crippen MR) is 90.7 cm³/mol. The van der Waals surface area contributed by atoms with Crippen molar-refractivity contribution in [2.24, 2.45) is 0 Å². The van der Waals surface area contributed by atoms with Crippen LogP contribution in [0.5, 0.6) is 0 Å². The minimum Gasteiger partial charge on any atom is -0.338 e. The number of rotatable bonds is 5. The van der Waals surface area contributed by atoms with E-state index < -0.39 is 0 Å². The first kappa shape index (κ1) is 16.5. The second-order valence-corrected chi connectivity index (χ2v) is 4.92. The van der Waals surface area contributed by atoms with Crippen LogP contribution in [0.15, 0.2) is 42.6 Å². The maximum atomic E-state index is 12.2. The van der Waals surface area contributed by atoms with E-state index in [1.807, 2.05) is 31.2 Å². The molecule has 120 valence electrons. The largest absolute Gasteiger partial charge is 0.338 e. The third-order valence-electron chi connectivity index (χ3n) is 3.20. The van der Waals surface area contributed by atoms with Gasteiger partial charge in [0.15, 0.2) is 0 Å². The molecular weight excluding hydrogens is 292 g/mol. The van der Waals surface area contributed by atoms with E-state index in [0.29, 0.717) is 17.9 Å².